The van der Waals surface area contributed by atoms with E-state index in [1.54, 1.807) is 7.11 Å². The van der Waals surface area contributed by atoms with Crippen LogP contribution in [0.2, 0.25) is 0 Å². The molecule has 0 radical (unpaired) electrons. The maximum absolute atomic E-state index is 11.7. The Morgan fingerprint density at radius 2 is 1.90 bits per heavy atom. The number of carbonyl (C=O) groups excluding carboxylic acids is 1. The highest BCUT2D eigenvalue weighted by molar-refractivity contribution is 5.75. The minimum Gasteiger partial charge on any atom is -0.495 e. The molecule has 1 aromatic carbocycles. The maximum Gasteiger partial charge on any atom is 0.220 e. The normalized spacial score (nSPS) is 10.4. The molecule has 0 aromatic heterocycles. The van der Waals surface area contributed by atoms with Crippen LogP contribution >= 0.6 is 0 Å². The molecule has 1 rings (SSSR count). The van der Waals surface area contributed by atoms with Crippen LogP contribution in [-0.4, -0.2) is 13.0 Å². The molecule has 0 bridgehead atoms. The van der Waals surface area contributed by atoms with E-state index < -0.39 is 0 Å². The van der Waals surface area contributed by atoms with Crippen LogP contribution in [0, 0.1) is 0 Å². The molecule has 4 heteroatoms. The topological polar surface area (TPSA) is 64.3 Å². The molecular formula is C17H28N2O2. The van der Waals surface area contributed by atoms with Gasteiger partial charge in [-0.3, -0.25) is 4.79 Å². The second kappa shape index (κ2) is 10.1. The first-order valence-electron chi connectivity index (χ1n) is 7.86. The Labute approximate surface area is 128 Å². The molecule has 1 aromatic rings. The number of methoxy groups -OCH3 is 1. The highest BCUT2D eigenvalue weighted by atomic mass is 16.5. The largest absolute Gasteiger partial charge is 0.495 e. The predicted octanol–water partition coefficient (Wildman–Crippen LogP) is 3.64. The van der Waals surface area contributed by atoms with Gasteiger partial charge in [-0.2, -0.15) is 0 Å². The molecule has 0 unspecified atom stereocenters. The van der Waals surface area contributed by atoms with Crippen LogP contribution in [0.3, 0.4) is 0 Å². The lowest BCUT2D eigenvalue weighted by atomic mass is 10.1. The van der Waals surface area contributed by atoms with E-state index in [0.717, 1.165) is 18.4 Å². The molecule has 0 aliphatic rings. The fraction of sp³-hybridized carbons (Fsp3) is 0.588. The Bertz CT molecular complexity index is 433. The molecule has 118 valence electrons. The number of nitrogens with two attached hydrogens (primary N) is 1. The fourth-order valence-corrected chi connectivity index (χ4v) is 2.25. The summed E-state index contributed by atoms with van der Waals surface area (Å²) < 4.78 is 5.11. The standard InChI is InChI=1S/C17H28N2O2/c1-3-4-5-6-7-8-9-17(20)19-13-14-10-11-16(21-2)15(18)12-14/h10-12H,3-9,13,18H2,1-2H3,(H,19,20). The SMILES string of the molecule is CCCCCCCCC(=O)NCc1ccc(OC)c(N)c1. The van der Waals surface area contributed by atoms with Gasteiger partial charge >= 0.3 is 0 Å². The first-order valence-corrected chi connectivity index (χ1v) is 7.86. The molecular weight excluding hydrogens is 264 g/mol. The van der Waals surface area contributed by atoms with Crippen molar-refractivity contribution < 1.29 is 9.53 Å². The van der Waals surface area contributed by atoms with E-state index in [-0.39, 0.29) is 5.91 Å². The third-order valence-corrected chi connectivity index (χ3v) is 3.54. The van der Waals surface area contributed by atoms with Gasteiger partial charge < -0.3 is 15.8 Å². The van der Waals surface area contributed by atoms with E-state index in [4.69, 9.17) is 10.5 Å². The summed E-state index contributed by atoms with van der Waals surface area (Å²) in [6, 6.07) is 5.58. The Balaban J connectivity index is 2.19. The van der Waals surface area contributed by atoms with Crippen molar-refractivity contribution >= 4 is 11.6 Å². The van der Waals surface area contributed by atoms with Crippen molar-refractivity contribution in [3.63, 3.8) is 0 Å². The van der Waals surface area contributed by atoms with Gasteiger partial charge in [0.2, 0.25) is 5.91 Å². The average molecular weight is 292 g/mol. The Morgan fingerprint density at radius 1 is 1.19 bits per heavy atom. The van der Waals surface area contributed by atoms with E-state index in [9.17, 15) is 4.79 Å². The van der Waals surface area contributed by atoms with E-state index in [1.165, 1.54) is 25.7 Å². The average Bonchev–Trinajstić information content (AvgIpc) is 2.49. The van der Waals surface area contributed by atoms with Gasteiger partial charge in [0, 0.05) is 13.0 Å². The number of rotatable bonds is 10. The van der Waals surface area contributed by atoms with Crippen LogP contribution in [-0.2, 0) is 11.3 Å². The molecule has 3 N–H and O–H groups in total. The molecule has 0 aliphatic heterocycles. The van der Waals surface area contributed by atoms with Crippen LogP contribution < -0.4 is 15.8 Å². The van der Waals surface area contributed by atoms with E-state index in [0.29, 0.717) is 24.4 Å². The number of carbonyl (C=O) groups is 1. The summed E-state index contributed by atoms with van der Waals surface area (Å²) in [6.07, 6.45) is 7.79. The Hall–Kier alpha value is -1.71. The van der Waals surface area contributed by atoms with Crippen molar-refractivity contribution in [2.75, 3.05) is 12.8 Å². The number of unbranched alkanes of at least 4 members (excludes halogenated alkanes) is 5. The quantitative estimate of drug-likeness (QED) is 0.511. The lowest BCUT2D eigenvalue weighted by Crippen LogP contribution is -2.22. The van der Waals surface area contributed by atoms with Crippen molar-refractivity contribution in [2.24, 2.45) is 0 Å². The Morgan fingerprint density at radius 3 is 2.57 bits per heavy atom. The smallest absolute Gasteiger partial charge is 0.220 e. The first kappa shape index (κ1) is 17.3. The van der Waals surface area contributed by atoms with Crippen LogP contribution in [0.5, 0.6) is 5.75 Å². The summed E-state index contributed by atoms with van der Waals surface area (Å²) in [5.41, 5.74) is 7.43. The van der Waals surface area contributed by atoms with Gasteiger partial charge in [-0.15, -0.1) is 0 Å². The summed E-state index contributed by atoms with van der Waals surface area (Å²) in [6.45, 7) is 2.72. The van der Waals surface area contributed by atoms with Gasteiger partial charge in [0.25, 0.3) is 0 Å². The lowest BCUT2D eigenvalue weighted by molar-refractivity contribution is -0.121. The third-order valence-electron chi connectivity index (χ3n) is 3.54. The minimum atomic E-state index is 0.111. The molecule has 0 heterocycles. The minimum absolute atomic E-state index is 0.111. The molecule has 21 heavy (non-hydrogen) atoms. The lowest BCUT2D eigenvalue weighted by Gasteiger charge is -2.08. The number of ether oxygens (including phenoxy) is 1. The van der Waals surface area contributed by atoms with E-state index in [1.807, 2.05) is 18.2 Å². The van der Waals surface area contributed by atoms with Gasteiger partial charge in [-0.1, -0.05) is 45.1 Å². The first-order chi connectivity index (χ1) is 10.2. The second-order valence-electron chi connectivity index (χ2n) is 5.37. The predicted molar refractivity (Wildman–Crippen MR) is 87.2 cm³/mol. The summed E-state index contributed by atoms with van der Waals surface area (Å²) in [7, 11) is 1.59. The van der Waals surface area contributed by atoms with Gasteiger partial charge in [0.05, 0.1) is 12.8 Å². The highest BCUT2D eigenvalue weighted by Crippen LogP contribution is 2.21. The van der Waals surface area contributed by atoms with Crippen molar-refractivity contribution in [3.8, 4) is 5.75 Å². The number of amides is 1. The number of benzene rings is 1. The second-order valence-corrected chi connectivity index (χ2v) is 5.37. The highest BCUT2D eigenvalue weighted by Gasteiger charge is 2.04. The molecule has 4 nitrogen and oxygen atoms in total. The zero-order chi connectivity index (χ0) is 15.5. The molecule has 0 atom stereocenters. The fourth-order valence-electron chi connectivity index (χ4n) is 2.25. The van der Waals surface area contributed by atoms with Crippen molar-refractivity contribution in [1.82, 2.24) is 5.32 Å². The van der Waals surface area contributed by atoms with Crippen LogP contribution in [0.4, 0.5) is 5.69 Å². The number of hydrogen-bond donors (Lipinski definition) is 2. The molecule has 0 saturated carbocycles. The van der Waals surface area contributed by atoms with Gasteiger partial charge in [-0.25, -0.2) is 0 Å². The maximum atomic E-state index is 11.7. The summed E-state index contributed by atoms with van der Waals surface area (Å²) in [4.78, 5) is 11.7. The molecule has 0 fully saturated rings. The zero-order valence-electron chi connectivity index (χ0n) is 13.3. The zero-order valence-corrected chi connectivity index (χ0v) is 13.3. The van der Waals surface area contributed by atoms with Crippen LogP contribution in [0.15, 0.2) is 18.2 Å². The van der Waals surface area contributed by atoms with Gasteiger partial charge in [0.1, 0.15) is 5.75 Å². The van der Waals surface area contributed by atoms with Crippen molar-refractivity contribution in [3.05, 3.63) is 23.8 Å². The number of anilines is 1. The molecule has 0 aliphatic carbocycles. The van der Waals surface area contributed by atoms with Crippen LogP contribution in [0.1, 0.15) is 57.4 Å². The molecule has 1 amide bonds. The van der Waals surface area contributed by atoms with Crippen molar-refractivity contribution in [1.29, 1.82) is 0 Å². The van der Waals surface area contributed by atoms with Crippen molar-refractivity contribution in [2.45, 2.75) is 58.4 Å². The monoisotopic (exact) mass is 292 g/mol. The summed E-state index contributed by atoms with van der Waals surface area (Å²) in [5.74, 6) is 0.775. The number of nitrogens with one attached hydrogen (secondary N) is 1. The van der Waals surface area contributed by atoms with Crippen LogP contribution in [0.25, 0.3) is 0 Å². The van der Waals surface area contributed by atoms with E-state index in [2.05, 4.69) is 12.2 Å². The van der Waals surface area contributed by atoms with Gasteiger partial charge in [-0.05, 0) is 24.1 Å². The number of nitrogen functional groups attached to an aromatic ring is 1. The summed E-state index contributed by atoms with van der Waals surface area (Å²) in [5, 5.41) is 2.93. The summed E-state index contributed by atoms with van der Waals surface area (Å²) >= 11 is 0. The van der Waals surface area contributed by atoms with E-state index >= 15 is 0 Å². The number of hydrogen-bond acceptors (Lipinski definition) is 3. The molecule has 0 spiro atoms. The Kier molecular flexibility index (Phi) is 8.32. The molecule has 0 saturated heterocycles. The third kappa shape index (κ3) is 7.02. The van der Waals surface area contributed by atoms with Gasteiger partial charge in [0.15, 0.2) is 0 Å².